The van der Waals surface area contributed by atoms with E-state index in [0.29, 0.717) is 0 Å². The number of piperidine rings is 1. The van der Waals surface area contributed by atoms with Crippen molar-refractivity contribution in [3.05, 3.63) is 0 Å². The lowest BCUT2D eigenvalue weighted by molar-refractivity contribution is 0.229. The van der Waals surface area contributed by atoms with Gasteiger partial charge in [-0.3, -0.25) is 0 Å². The van der Waals surface area contributed by atoms with Gasteiger partial charge in [0.25, 0.3) is 0 Å². The SMILES string of the molecule is CCCCCCCCCCCCCCNCCN1CCCCC1. The Morgan fingerprint density at radius 1 is 0.609 bits per heavy atom. The van der Waals surface area contributed by atoms with E-state index in [-0.39, 0.29) is 0 Å². The van der Waals surface area contributed by atoms with Crippen molar-refractivity contribution in [1.29, 1.82) is 0 Å². The second kappa shape index (κ2) is 16.8. The Balaban J connectivity index is 1.67. The number of nitrogens with one attached hydrogen (secondary N) is 1. The molecule has 1 rings (SSSR count). The summed E-state index contributed by atoms with van der Waals surface area (Å²) in [5.41, 5.74) is 0. The maximum absolute atomic E-state index is 3.63. The minimum absolute atomic E-state index is 1.19. The highest BCUT2D eigenvalue weighted by Gasteiger charge is 2.08. The van der Waals surface area contributed by atoms with Crippen molar-refractivity contribution in [3.8, 4) is 0 Å². The summed E-state index contributed by atoms with van der Waals surface area (Å²) in [5.74, 6) is 0. The van der Waals surface area contributed by atoms with Crippen LogP contribution in [0.15, 0.2) is 0 Å². The van der Waals surface area contributed by atoms with Gasteiger partial charge in [0, 0.05) is 13.1 Å². The molecule has 1 fully saturated rings. The first-order valence-electron chi connectivity index (χ1n) is 10.9. The standard InChI is InChI=1S/C21H44N2/c1-2-3-4-5-6-7-8-9-10-11-12-14-17-22-18-21-23-19-15-13-16-20-23/h22H,2-21H2,1H3. The van der Waals surface area contributed by atoms with Crippen LogP contribution in [0.25, 0.3) is 0 Å². The Morgan fingerprint density at radius 2 is 1.13 bits per heavy atom. The first-order chi connectivity index (χ1) is 11.4. The van der Waals surface area contributed by atoms with E-state index in [1.807, 2.05) is 0 Å². The van der Waals surface area contributed by atoms with Crippen molar-refractivity contribution >= 4 is 0 Å². The molecular formula is C21H44N2. The zero-order valence-electron chi connectivity index (χ0n) is 16.1. The van der Waals surface area contributed by atoms with Crippen LogP contribution in [0.4, 0.5) is 0 Å². The van der Waals surface area contributed by atoms with E-state index < -0.39 is 0 Å². The highest BCUT2D eigenvalue weighted by atomic mass is 15.1. The number of hydrogen-bond acceptors (Lipinski definition) is 2. The van der Waals surface area contributed by atoms with Crippen LogP contribution in [0.2, 0.25) is 0 Å². The summed E-state index contributed by atoms with van der Waals surface area (Å²) in [6.07, 6.45) is 21.6. The Labute approximate surface area is 146 Å². The second-order valence-corrected chi connectivity index (χ2v) is 7.54. The van der Waals surface area contributed by atoms with Crippen molar-refractivity contribution in [2.75, 3.05) is 32.7 Å². The lowest BCUT2D eigenvalue weighted by atomic mass is 10.1. The van der Waals surface area contributed by atoms with Crippen LogP contribution in [-0.4, -0.2) is 37.6 Å². The van der Waals surface area contributed by atoms with Gasteiger partial charge in [0.05, 0.1) is 0 Å². The van der Waals surface area contributed by atoms with Gasteiger partial charge in [-0.25, -0.2) is 0 Å². The van der Waals surface area contributed by atoms with Gasteiger partial charge in [0.15, 0.2) is 0 Å². The predicted octanol–water partition coefficient (Wildman–Crippen LogP) is 5.76. The molecule has 0 saturated carbocycles. The van der Waals surface area contributed by atoms with E-state index in [0.717, 1.165) is 0 Å². The van der Waals surface area contributed by atoms with Crippen molar-refractivity contribution in [1.82, 2.24) is 10.2 Å². The van der Waals surface area contributed by atoms with Crippen LogP contribution >= 0.6 is 0 Å². The smallest absolute Gasteiger partial charge is 0.0107 e. The van der Waals surface area contributed by atoms with Crippen molar-refractivity contribution in [2.24, 2.45) is 0 Å². The molecule has 0 aromatic heterocycles. The third-order valence-electron chi connectivity index (χ3n) is 5.26. The molecule has 23 heavy (non-hydrogen) atoms. The fraction of sp³-hybridized carbons (Fsp3) is 1.00. The summed E-state index contributed by atoms with van der Waals surface area (Å²) in [6.45, 7) is 8.65. The Kier molecular flexibility index (Phi) is 15.3. The van der Waals surface area contributed by atoms with Crippen molar-refractivity contribution in [2.45, 2.75) is 103 Å². The zero-order valence-corrected chi connectivity index (χ0v) is 16.1. The molecule has 2 nitrogen and oxygen atoms in total. The average molecular weight is 325 g/mol. The normalized spacial score (nSPS) is 16.0. The summed E-state index contributed by atoms with van der Waals surface area (Å²) in [5, 5.41) is 3.63. The van der Waals surface area contributed by atoms with Gasteiger partial charge >= 0.3 is 0 Å². The topological polar surface area (TPSA) is 15.3 Å². The molecular weight excluding hydrogens is 280 g/mol. The lowest BCUT2D eigenvalue weighted by Gasteiger charge is -2.26. The Morgan fingerprint density at radius 3 is 1.70 bits per heavy atom. The maximum atomic E-state index is 3.63. The summed E-state index contributed by atoms with van der Waals surface area (Å²) < 4.78 is 0. The Bertz CT molecular complexity index is 224. The van der Waals surface area contributed by atoms with E-state index >= 15 is 0 Å². The van der Waals surface area contributed by atoms with Gasteiger partial charge in [-0.1, -0.05) is 84.0 Å². The molecule has 0 bridgehead atoms. The molecule has 0 aromatic rings. The van der Waals surface area contributed by atoms with E-state index in [1.165, 1.54) is 129 Å². The van der Waals surface area contributed by atoms with Crippen LogP contribution in [0, 0.1) is 0 Å². The van der Waals surface area contributed by atoms with E-state index in [1.54, 1.807) is 0 Å². The molecule has 1 aliphatic rings. The van der Waals surface area contributed by atoms with Gasteiger partial charge in [0.1, 0.15) is 0 Å². The molecule has 0 aromatic carbocycles. The molecule has 1 aliphatic heterocycles. The summed E-state index contributed by atoms with van der Waals surface area (Å²) in [7, 11) is 0. The van der Waals surface area contributed by atoms with E-state index in [4.69, 9.17) is 0 Å². The van der Waals surface area contributed by atoms with Crippen LogP contribution < -0.4 is 5.32 Å². The zero-order chi connectivity index (χ0) is 16.4. The number of rotatable bonds is 16. The first-order valence-corrected chi connectivity index (χ1v) is 10.9. The highest BCUT2D eigenvalue weighted by molar-refractivity contribution is 4.65. The fourth-order valence-corrected chi connectivity index (χ4v) is 3.64. The monoisotopic (exact) mass is 324 g/mol. The molecule has 1 N–H and O–H groups in total. The van der Waals surface area contributed by atoms with E-state index in [2.05, 4.69) is 17.1 Å². The molecule has 0 spiro atoms. The maximum Gasteiger partial charge on any atom is 0.0107 e. The third-order valence-corrected chi connectivity index (χ3v) is 5.26. The molecule has 0 amide bonds. The van der Waals surface area contributed by atoms with Crippen LogP contribution in [-0.2, 0) is 0 Å². The lowest BCUT2D eigenvalue weighted by Crippen LogP contribution is -2.36. The number of likely N-dealkylation sites (tertiary alicyclic amines) is 1. The second-order valence-electron chi connectivity index (χ2n) is 7.54. The molecule has 0 aliphatic carbocycles. The molecule has 1 saturated heterocycles. The summed E-state index contributed by atoms with van der Waals surface area (Å²) in [4.78, 5) is 2.62. The molecule has 2 heteroatoms. The average Bonchev–Trinajstić information content (AvgIpc) is 2.59. The number of hydrogen-bond donors (Lipinski definition) is 1. The summed E-state index contributed by atoms with van der Waals surface area (Å²) in [6, 6.07) is 0. The van der Waals surface area contributed by atoms with Crippen molar-refractivity contribution in [3.63, 3.8) is 0 Å². The van der Waals surface area contributed by atoms with Gasteiger partial charge in [-0.15, -0.1) is 0 Å². The van der Waals surface area contributed by atoms with Crippen LogP contribution in [0.1, 0.15) is 103 Å². The van der Waals surface area contributed by atoms with Gasteiger partial charge in [-0.05, 0) is 38.9 Å². The quantitative estimate of drug-likeness (QED) is 0.363. The van der Waals surface area contributed by atoms with Gasteiger partial charge in [-0.2, -0.15) is 0 Å². The molecule has 1 heterocycles. The highest BCUT2D eigenvalue weighted by Crippen LogP contribution is 2.11. The largest absolute Gasteiger partial charge is 0.315 e. The number of nitrogens with zero attached hydrogens (tertiary/aromatic N) is 1. The number of unbranched alkanes of at least 4 members (excludes halogenated alkanes) is 11. The van der Waals surface area contributed by atoms with Gasteiger partial charge < -0.3 is 10.2 Å². The predicted molar refractivity (Wildman–Crippen MR) is 104 cm³/mol. The third kappa shape index (κ3) is 14.0. The molecule has 0 atom stereocenters. The van der Waals surface area contributed by atoms with Crippen molar-refractivity contribution < 1.29 is 0 Å². The van der Waals surface area contributed by atoms with E-state index in [9.17, 15) is 0 Å². The van der Waals surface area contributed by atoms with Gasteiger partial charge in [0.2, 0.25) is 0 Å². The first kappa shape index (κ1) is 21.0. The fourth-order valence-electron chi connectivity index (χ4n) is 3.64. The minimum atomic E-state index is 1.19. The van der Waals surface area contributed by atoms with Crippen LogP contribution in [0.5, 0.6) is 0 Å². The molecule has 0 radical (unpaired) electrons. The minimum Gasteiger partial charge on any atom is -0.315 e. The van der Waals surface area contributed by atoms with Crippen LogP contribution in [0.3, 0.4) is 0 Å². The molecule has 138 valence electrons. The molecule has 0 unspecified atom stereocenters. The Hall–Kier alpha value is -0.0800. The summed E-state index contributed by atoms with van der Waals surface area (Å²) >= 11 is 0.